The Morgan fingerprint density at radius 2 is 2.04 bits per heavy atom. The molecular weight excluding hydrogens is 306 g/mol. The van der Waals surface area contributed by atoms with Crippen LogP contribution in [0.25, 0.3) is 0 Å². The minimum atomic E-state index is -0.704. The molecule has 1 aliphatic rings. The summed E-state index contributed by atoms with van der Waals surface area (Å²) in [5, 5.41) is 0. The fourth-order valence-electron chi connectivity index (χ4n) is 2.94. The summed E-state index contributed by atoms with van der Waals surface area (Å²) in [4.78, 5) is 14.5. The number of hydrogen-bond donors (Lipinski definition) is 0. The Labute approximate surface area is 147 Å². The molecular formula is C19H35NO4. The lowest BCUT2D eigenvalue weighted by atomic mass is 10.0. The van der Waals surface area contributed by atoms with E-state index in [9.17, 15) is 4.79 Å². The molecule has 0 radical (unpaired) electrons. The summed E-state index contributed by atoms with van der Waals surface area (Å²) in [5.74, 6) is 0. The van der Waals surface area contributed by atoms with Crippen molar-refractivity contribution in [1.29, 1.82) is 0 Å². The highest BCUT2D eigenvalue weighted by Crippen LogP contribution is 2.33. The summed E-state index contributed by atoms with van der Waals surface area (Å²) in [5.41, 5.74) is -1.25. The van der Waals surface area contributed by atoms with Gasteiger partial charge in [-0.05, 0) is 67.7 Å². The number of nitrogens with zero attached hydrogens (tertiary/aromatic N) is 1. The van der Waals surface area contributed by atoms with Gasteiger partial charge < -0.3 is 14.2 Å². The van der Waals surface area contributed by atoms with Crippen LogP contribution in [0.5, 0.6) is 0 Å². The highest BCUT2D eigenvalue weighted by Gasteiger charge is 2.48. The van der Waals surface area contributed by atoms with Crippen molar-refractivity contribution in [3.8, 4) is 0 Å². The summed E-state index contributed by atoms with van der Waals surface area (Å²) < 4.78 is 17.6. The zero-order chi connectivity index (χ0) is 18.5. The predicted molar refractivity (Wildman–Crippen MR) is 95.9 cm³/mol. The molecule has 1 aliphatic heterocycles. The number of carbonyl (C=O) groups is 1. The highest BCUT2D eigenvalue weighted by molar-refractivity contribution is 5.69. The van der Waals surface area contributed by atoms with Crippen molar-refractivity contribution in [3.63, 3.8) is 0 Å². The second-order valence-corrected chi connectivity index (χ2v) is 8.12. The number of amides is 1. The van der Waals surface area contributed by atoms with Gasteiger partial charge in [0.25, 0.3) is 0 Å². The van der Waals surface area contributed by atoms with E-state index < -0.39 is 11.3 Å². The molecule has 1 saturated heterocycles. The van der Waals surface area contributed by atoms with Gasteiger partial charge in [-0.3, -0.25) is 4.90 Å². The van der Waals surface area contributed by atoms with Gasteiger partial charge in [0.2, 0.25) is 0 Å². The first-order valence-corrected chi connectivity index (χ1v) is 8.90. The maximum atomic E-state index is 12.8. The van der Waals surface area contributed by atoms with Crippen LogP contribution in [0.2, 0.25) is 0 Å². The van der Waals surface area contributed by atoms with E-state index >= 15 is 0 Å². The van der Waals surface area contributed by atoms with Gasteiger partial charge in [-0.15, -0.1) is 6.58 Å². The maximum absolute atomic E-state index is 12.8. The van der Waals surface area contributed by atoms with E-state index in [1.807, 2.05) is 54.5 Å². The monoisotopic (exact) mass is 341 g/mol. The van der Waals surface area contributed by atoms with Crippen molar-refractivity contribution in [2.24, 2.45) is 0 Å². The maximum Gasteiger partial charge on any atom is 0.412 e. The van der Waals surface area contributed by atoms with Crippen LogP contribution in [0.15, 0.2) is 12.7 Å². The molecule has 1 amide bonds. The molecule has 1 rings (SSSR count). The lowest BCUT2D eigenvalue weighted by Crippen LogP contribution is -2.54. The zero-order valence-electron chi connectivity index (χ0n) is 16.4. The van der Waals surface area contributed by atoms with Crippen LogP contribution in [0.3, 0.4) is 0 Å². The Morgan fingerprint density at radius 1 is 1.42 bits per heavy atom. The van der Waals surface area contributed by atoms with Crippen LogP contribution in [0.4, 0.5) is 4.79 Å². The Balaban J connectivity index is 2.96. The van der Waals surface area contributed by atoms with Gasteiger partial charge in [0.05, 0.1) is 24.9 Å². The predicted octanol–water partition coefficient (Wildman–Crippen LogP) is 4.51. The zero-order valence-corrected chi connectivity index (χ0v) is 16.4. The molecule has 140 valence electrons. The fraction of sp³-hybridized carbons (Fsp3) is 0.842. The van der Waals surface area contributed by atoms with E-state index in [4.69, 9.17) is 14.2 Å². The van der Waals surface area contributed by atoms with Crippen molar-refractivity contribution >= 4 is 6.09 Å². The number of rotatable bonds is 7. The molecule has 5 nitrogen and oxygen atoms in total. The van der Waals surface area contributed by atoms with Crippen molar-refractivity contribution in [1.82, 2.24) is 4.90 Å². The van der Waals surface area contributed by atoms with Gasteiger partial charge in [0.15, 0.2) is 0 Å². The van der Waals surface area contributed by atoms with Crippen molar-refractivity contribution in [3.05, 3.63) is 12.7 Å². The van der Waals surface area contributed by atoms with E-state index in [1.54, 1.807) is 4.90 Å². The first-order chi connectivity index (χ1) is 11.0. The van der Waals surface area contributed by atoms with E-state index in [0.29, 0.717) is 6.61 Å². The summed E-state index contributed by atoms with van der Waals surface area (Å²) in [6.45, 7) is 17.7. The van der Waals surface area contributed by atoms with Crippen LogP contribution in [-0.4, -0.2) is 47.2 Å². The Bertz CT molecular complexity index is 426. The molecule has 5 heteroatoms. The van der Waals surface area contributed by atoms with Gasteiger partial charge in [0.1, 0.15) is 11.3 Å². The topological polar surface area (TPSA) is 48.0 Å². The van der Waals surface area contributed by atoms with Crippen LogP contribution >= 0.6 is 0 Å². The smallest absolute Gasteiger partial charge is 0.412 e. The molecule has 24 heavy (non-hydrogen) atoms. The third kappa shape index (κ3) is 6.10. The highest BCUT2D eigenvalue weighted by atomic mass is 16.6. The van der Waals surface area contributed by atoms with Gasteiger partial charge in [-0.2, -0.15) is 0 Å². The summed E-state index contributed by atoms with van der Waals surface area (Å²) in [6.07, 6.45) is 4.32. The Hall–Kier alpha value is -1.07. The Kier molecular flexibility index (Phi) is 7.29. The van der Waals surface area contributed by atoms with Crippen molar-refractivity contribution in [2.45, 2.75) is 97.3 Å². The van der Waals surface area contributed by atoms with Crippen molar-refractivity contribution < 1.29 is 19.0 Å². The first-order valence-electron chi connectivity index (χ1n) is 8.90. The molecule has 0 aliphatic carbocycles. The number of unbranched alkanes of at least 4 members (excludes halogenated alkanes) is 1. The molecule has 1 heterocycles. The van der Waals surface area contributed by atoms with Gasteiger partial charge in [-0.25, -0.2) is 4.79 Å². The molecule has 0 saturated carbocycles. The van der Waals surface area contributed by atoms with Gasteiger partial charge in [-0.1, -0.05) is 6.08 Å². The lowest BCUT2D eigenvalue weighted by molar-refractivity contribution is -0.0795. The number of allylic oxidation sites excluding steroid dienone is 1. The average molecular weight is 341 g/mol. The molecule has 0 N–H and O–H groups in total. The summed E-state index contributed by atoms with van der Waals surface area (Å²) >= 11 is 0. The lowest BCUT2D eigenvalue weighted by Gasteiger charge is -2.38. The van der Waals surface area contributed by atoms with Crippen LogP contribution < -0.4 is 0 Å². The first kappa shape index (κ1) is 21.0. The van der Waals surface area contributed by atoms with Crippen molar-refractivity contribution in [2.75, 3.05) is 6.61 Å². The number of hydrogen-bond acceptors (Lipinski definition) is 4. The largest absolute Gasteiger partial charge is 0.444 e. The molecule has 0 spiro atoms. The van der Waals surface area contributed by atoms with E-state index in [1.165, 1.54) is 0 Å². The Morgan fingerprint density at radius 3 is 2.54 bits per heavy atom. The molecule has 2 atom stereocenters. The molecule has 1 fully saturated rings. The van der Waals surface area contributed by atoms with Crippen LogP contribution in [0.1, 0.15) is 67.7 Å². The quantitative estimate of drug-likeness (QED) is 0.505. The van der Waals surface area contributed by atoms with Gasteiger partial charge in [0, 0.05) is 0 Å². The number of carbonyl (C=O) groups excluding carboxylic acids is 1. The average Bonchev–Trinajstić information content (AvgIpc) is 2.71. The molecule has 0 aromatic carbocycles. The minimum absolute atomic E-state index is 0.0840. The summed E-state index contributed by atoms with van der Waals surface area (Å²) in [6, 6.07) is -0.151. The van der Waals surface area contributed by atoms with E-state index in [2.05, 4.69) is 6.58 Å². The second-order valence-electron chi connectivity index (χ2n) is 8.12. The molecule has 0 aromatic heterocycles. The van der Waals surface area contributed by atoms with E-state index in [-0.39, 0.29) is 24.3 Å². The third-order valence-electron chi connectivity index (χ3n) is 3.88. The van der Waals surface area contributed by atoms with Crippen LogP contribution in [0, 0.1) is 0 Å². The van der Waals surface area contributed by atoms with E-state index in [0.717, 1.165) is 19.3 Å². The van der Waals surface area contributed by atoms with Crippen LogP contribution in [-0.2, 0) is 14.2 Å². The molecule has 0 unspecified atom stereocenters. The second kappa shape index (κ2) is 8.34. The third-order valence-corrected chi connectivity index (χ3v) is 3.88. The SMILES string of the molecule is C=CCCC[C@@H](OC(C)C)[C@@H]1COC(C)(C)N1C(=O)OC(C)(C)C. The normalized spacial score (nSPS) is 21.8. The fourth-order valence-corrected chi connectivity index (χ4v) is 2.94. The standard InChI is InChI=1S/C19H35NO4/c1-9-10-11-12-16(23-14(2)3)15-13-22-19(7,8)20(15)17(21)24-18(4,5)6/h9,14-16H,1,10-13H2,2-8H3/t15-,16+/m0/s1. The van der Waals surface area contributed by atoms with Gasteiger partial charge >= 0.3 is 6.09 Å². The molecule has 0 bridgehead atoms. The number of ether oxygens (including phenoxy) is 3. The molecule has 0 aromatic rings. The minimum Gasteiger partial charge on any atom is -0.444 e. The summed E-state index contributed by atoms with van der Waals surface area (Å²) in [7, 11) is 0.